The van der Waals surface area contributed by atoms with E-state index in [0.717, 1.165) is 16.7 Å². The summed E-state index contributed by atoms with van der Waals surface area (Å²) in [5.41, 5.74) is 2.72. The molecule has 1 heterocycles. The van der Waals surface area contributed by atoms with Crippen LogP contribution < -0.4 is 0 Å². The maximum atomic E-state index is 12.3. The van der Waals surface area contributed by atoms with E-state index in [1.54, 1.807) is 4.90 Å². The van der Waals surface area contributed by atoms with Crippen LogP contribution in [0, 0.1) is 0 Å². The molecule has 0 saturated carbocycles. The third-order valence-corrected chi connectivity index (χ3v) is 4.41. The summed E-state index contributed by atoms with van der Waals surface area (Å²) in [6.07, 6.45) is -0.337. The van der Waals surface area contributed by atoms with Crippen LogP contribution in [0.15, 0.2) is 54.6 Å². The summed E-state index contributed by atoms with van der Waals surface area (Å²) in [6, 6.07) is 18.0. The number of carbonyl (C=O) groups is 1. The molecule has 1 aliphatic heterocycles. The topological polar surface area (TPSA) is 53.0 Å². The number of hydroxylamine groups is 2. The van der Waals surface area contributed by atoms with Gasteiger partial charge >= 0.3 is 6.09 Å². The number of piperazine rings is 1. The van der Waals surface area contributed by atoms with Gasteiger partial charge in [-0.2, -0.15) is 5.06 Å². The first-order valence-electron chi connectivity index (χ1n) is 8.92. The molecule has 1 aliphatic rings. The highest BCUT2D eigenvalue weighted by molar-refractivity contribution is 5.68. The molecule has 0 spiro atoms. The third kappa shape index (κ3) is 4.42. The van der Waals surface area contributed by atoms with Crippen molar-refractivity contribution in [1.82, 2.24) is 9.96 Å². The monoisotopic (exact) mass is 354 g/mol. The molecule has 1 fully saturated rings. The van der Waals surface area contributed by atoms with Gasteiger partial charge in [-0.05, 0) is 37.5 Å². The minimum absolute atomic E-state index is 0.263. The smallest absolute Gasteiger partial charge is 0.410 e. The summed E-state index contributed by atoms with van der Waals surface area (Å²) in [5.74, 6) is 0. The summed E-state index contributed by atoms with van der Waals surface area (Å²) in [7, 11) is 0. The van der Waals surface area contributed by atoms with Crippen LogP contribution in [-0.2, 0) is 4.74 Å². The van der Waals surface area contributed by atoms with Gasteiger partial charge in [0, 0.05) is 19.6 Å². The van der Waals surface area contributed by atoms with Crippen LogP contribution in [0.5, 0.6) is 0 Å². The lowest BCUT2D eigenvalue weighted by Crippen LogP contribution is -2.50. The molecular weight excluding hydrogens is 328 g/mol. The number of nitrogens with zero attached hydrogens (tertiary/aromatic N) is 2. The van der Waals surface area contributed by atoms with Gasteiger partial charge in [-0.3, -0.25) is 0 Å². The van der Waals surface area contributed by atoms with E-state index in [2.05, 4.69) is 12.1 Å². The Morgan fingerprint density at radius 2 is 1.62 bits per heavy atom. The first-order chi connectivity index (χ1) is 12.3. The van der Waals surface area contributed by atoms with Crippen molar-refractivity contribution >= 4 is 6.09 Å². The second-order valence-electron chi connectivity index (χ2n) is 7.59. The summed E-state index contributed by atoms with van der Waals surface area (Å²) < 4.78 is 5.46. The van der Waals surface area contributed by atoms with Crippen LogP contribution in [0.3, 0.4) is 0 Å². The zero-order valence-corrected chi connectivity index (χ0v) is 15.6. The Labute approximate surface area is 154 Å². The Bertz CT molecular complexity index is 738. The van der Waals surface area contributed by atoms with Crippen molar-refractivity contribution in [2.45, 2.75) is 32.4 Å². The molecule has 5 heteroatoms. The van der Waals surface area contributed by atoms with Crippen LogP contribution in [-0.4, -0.2) is 46.5 Å². The van der Waals surface area contributed by atoms with E-state index in [9.17, 15) is 10.0 Å². The SMILES string of the molecule is CC(C)(C)OC(=O)N1CCN(O)C(c2ccc(-c3ccccc3)cc2)C1. The molecule has 2 aromatic carbocycles. The van der Waals surface area contributed by atoms with Crippen molar-refractivity contribution in [2.75, 3.05) is 19.6 Å². The molecule has 1 unspecified atom stereocenters. The van der Waals surface area contributed by atoms with Crippen LogP contribution in [0.4, 0.5) is 4.79 Å². The normalized spacial score (nSPS) is 18.6. The Morgan fingerprint density at radius 3 is 2.23 bits per heavy atom. The van der Waals surface area contributed by atoms with Gasteiger partial charge in [0.2, 0.25) is 0 Å². The Kier molecular flexibility index (Phi) is 5.30. The van der Waals surface area contributed by atoms with Crippen molar-refractivity contribution in [3.63, 3.8) is 0 Å². The molecule has 26 heavy (non-hydrogen) atoms. The minimum atomic E-state index is -0.528. The molecule has 5 nitrogen and oxygen atoms in total. The van der Waals surface area contributed by atoms with Gasteiger partial charge in [-0.15, -0.1) is 0 Å². The molecule has 138 valence electrons. The van der Waals surface area contributed by atoms with E-state index in [-0.39, 0.29) is 12.1 Å². The molecule has 0 aromatic heterocycles. The van der Waals surface area contributed by atoms with Gasteiger partial charge in [-0.1, -0.05) is 54.6 Å². The molecular formula is C21H26N2O3. The molecule has 0 bridgehead atoms. The van der Waals surface area contributed by atoms with Gasteiger partial charge in [0.25, 0.3) is 0 Å². The lowest BCUT2D eigenvalue weighted by atomic mass is 9.99. The zero-order valence-electron chi connectivity index (χ0n) is 15.6. The fourth-order valence-corrected chi connectivity index (χ4v) is 3.07. The minimum Gasteiger partial charge on any atom is -0.444 e. The lowest BCUT2D eigenvalue weighted by Gasteiger charge is -2.38. The lowest BCUT2D eigenvalue weighted by molar-refractivity contribution is -0.155. The molecule has 1 amide bonds. The van der Waals surface area contributed by atoms with Crippen LogP contribution >= 0.6 is 0 Å². The van der Waals surface area contributed by atoms with E-state index in [1.807, 2.05) is 63.2 Å². The Morgan fingerprint density at radius 1 is 1.00 bits per heavy atom. The predicted octanol–water partition coefficient (Wildman–Crippen LogP) is 4.34. The predicted molar refractivity (Wildman–Crippen MR) is 101 cm³/mol. The summed E-state index contributed by atoms with van der Waals surface area (Å²) in [5, 5.41) is 11.6. The molecule has 3 rings (SSSR count). The van der Waals surface area contributed by atoms with Gasteiger partial charge in [-0.25, -0.2) is 4.79 Å². The van der Waals surface area contributed by atoms with Crippen molar-refractivity contribution in [1.29, 1.82) is 0 Å². The zero-order chi connectivity index (χ0) is 18.7. The van der Waals surface area contributed by atoms with Gasteiger partial charge in [0.05, 0.1) is 6.04 Å². The largest absolute Gasteiger partial charge is 0.444 e. The summed E-state index contributed by atoms with van der Waals surface area (Å²) in [6.45, 7) is 6.80. The second kappa shape index (κ2) is 7.48. The van der Waals surface area contributed by atoms with E-state index in [4.69, 9.17) is 4.74 Å². The standard InChI is InChI=1S/C21H26N2O3/c1-21(2,3)26-20(24)22-13-14-23(25)19(15-22)18-11-9-17(10-12-18)16-7-5-4-6-8-16/h4-12,19,25H,13-15H2,1-3H3. The third-order valence-electron chi connectivity index (χ3n) is 4.41. The number of hydrogen-bond acceptors (Lipinski definition) is 4. The van der Waals surface area contributed by atoms with Crippen molar-refractivity contribution in [3.05, 3.63) is 60.2 Å². The molecule has 2 aromatic rings. The fourth-order valence-electron chi connectivity index (χ4n) is 3.07. The first-order valence-corrected chi connectivity index (χ1v) is 8.92. The summed E-state index contributed by atoms with van der Waals surface area (Å²) >= 11 is 0. The van der Waals surface area contributed by atoms with Gasteiger partial charge < -0.3 is 14.8 Å². The van der Waals surface area contributed by atoms with E-state index >= 15 is 0 Å². The van der Waals surface area contributed by atoms with Crippen LogP contribution in [0.2, 0.25) is 0 Å². The van der Waals surface area contributed by atoms with Crippen molar-refractivity contribution < 1.29 is 14.7 Å². The number of rotatable bonds is 2. The first kappa shape index (κ1) is 18.4. The number of benzene rings is 2. The van der Waals surface area contributed by atoms with E-state index < -0.39 is 5.60 Å². The highest BCUT2D eigenvalue weighted by Gasteiger charge is 2.32. The maximum Gasteiger partial charge on any atom is 0.410 e. The number of ether oxygens (including phenoxy) is 1. The average molecular weight is 354 g/mol. The molecule has 1 saturated heterocycles. The van der Waals surface area contributed by atoms with Crippen LogP contribution in [0.1, 0.15) is 32.4 Å². The van der Waals surface area contributed by atoms with E-state index in [1.165, 1.54) is 5.06 Å². The number of carbonyl (C=O) groups excluding carboxylic acids is 1. The van der Waals surface area contributed by atoms with Gasteiger partial charge in [0.15, 0.2) is 0 Å². The van der Waals surface area contributed by atoms with Crippen LogP contribution in [0.25, 0.3) is 11.1 Å². The fraction of sp³-hybridized carbons (Fsp3) is 0.381. The second-order valence-corrected chi connectivity index (χ2v) is 7.59. The average Bonchev–Trinajstić information content (AvgIpc) is 2.61. The quantitative estimate of drug-likeness (QED) is 0.872. The highest BCUT2D eigenvalue weighted by atomic mass is 16.6. The van der Waals surface area contributed by atoms with Gasteiger partial charge in [0.1, 0.15) is 5.60 Å². The van der Waals surface area contributed by atoms with E-state index in [0.29, 0.717) is 19.6 Å². The Balaban J connectivity index is 1.74. The Hall–Kier alpha value is -2.37. The molecule has 0 aliphatic carbocycles. The van der Waals surface area contributed by atoms with Crippen molar-refractivity contribution in [3.8, 4) is 11.1 Å². The van der Waals surface area contributed by atoms with Crippen molar-refractivity contribution in [2.24, 2.45) is 0 Å². The molecule has 1 N–H and O–H groups in total. The highest BCUT2D eigenvalue weighted by Crippen LogP contribution is 2.27. The number of amides is 1. The molecule has 0 radical (unpaired) electrons. The molecule has 1 atom stereocenters. The number of hydrogen-bond donors (Lipinski definition) is 1. The maximum absolute atomic E-state index is 12.3. The summed E-state index contributed by atoms with van der Waals surface area (Å²) in [4.78, 5) is 14.0.